The first-order chi connectivity index (χ1) is 14.1. The van der Waals surface area contributed by atoms with E-state index in [2.05, 4.69) is 11.0 Å². The van der Waals surface area contributed by atoms with Crippen LogP contribution < -0.4 is 9.47 Å². The molecule has 1 fully saturated rings. The van der Waals surface area contributed by atoms with Crippen molar-refractivity contribution in [3.05, 3.63) is 58.1 Å². The lowest BCUT2D eigenvalue weighted by Gasteiger charge is -2.33. The number of carbonyl (C=O) groups excluding carboxylic acids is 1. The standard InChI is InChI=1S/C24H28ClNO3/c1-28-22-13-18-12-19(24(27)20(18)14-23(22)29-2)11-16-7-9-26(10-8-16)15-17-5-3-4-6-21(17)25/h3-6,13-14,16,19H,7-12,15H2,1-2H3. The van der Waals surface area contributed by atoms with Crippen LogP contribution in [0.4, 0.5) is 0 Å². The van der Waals surface area contributed by atoms with Gasteiger partial charge in [0, 0.05) is 23.0 Å². The summed E-state index contributed by atoms with van der Waals surface area (Å²) in [6.45, 7) is 3.02. The predicted molar refractivity (Wildman–Crippen MR) is 115 cm³/mol. The molecule has 1 unspecified atom stereocenters. The number of Topliss-reactive ketones (excluding diaryl/α,β-unsaturated/α-hetero) is 1. The molecule has 0 saturated carbocycles. The first-order valence-corrected chi connectivity index (χ1v) is 10.7. The third kappa shape index (κ3) is 4.29. The summed E-state index contributed by atoms with van der Waals surface area (Å²) in [7, 11) is 3.24. The van der Waals surface area contributed by atoms with Crippen molar-refractivity contribution in [2.45, 2.75) is 32.2 Å². The van der Waals surface area contributed by atoms with Crippen molar-refractivity contribution in [1.29, 1.82) is 0 Å². The van der Waals surface area contributed by atoms with E-state index in [9.17, 15) is 4.79 Å². The zero-order valence-electron chi connectivity index (χ0n) is 17.1. The summed E-state index contributed by atoms with van der Waals surface area (Å²) in [5.41, 5.74) is 3.09. The van der Waals surface area contributed by atoms with Crippen molar-refractivity contribution in [1.82, 2.24) is 4.90 Å². The van der Waals surface area contributed by atoms with Gasteiger partial charge in [-0.05, 0) is 74.0 Å². The zero-order chi connectivity index (χ0) is 20.4. The van der Waals surface area contributed by atoms with E-state index in [4.69, 9.17) is 21.1 Å². The molecule has 1 saturated heterocycles. The Hall–Kier alpha value is -2.04. The van der Waals surface area contributed by atoms with E-state index < -0.39 is 0 Å². The molecule has 154 valence electrons. The maximum Gasteiger partial charge on any atom is 0.166 e. The number of likely N-dealkylation sites (tertiary alicyclic amines) is 1. The van der Waals surface area contributed by atoms with Gasteiger partial charge in [-0.15, -0.1) is 0 Å². The number of benzene rings is 2. The van der Waals surface area contributed by atoms with Crippen molar-refractivity contribution in [3.8, 4) is 11.5 Å². The minimum Gasteiger partial charge on any atom is -0.493 e. The van der Waals surface area contributed by atoms with E-state index in [0.29, 0.717) is 17.4 Å². The van der Waals surface area contributed by atoms with Crippen LogP contribution in [0.5, 0.6) is 11.5 Å². The molecule has 1 aliphatic heterocycles. The van der Waals surface area contributed by atoms with Gasteiger partial charge in [-0.25, -0.2) is 0 Å². The summed E-state index contributed by atoms with van der Waals surface area (Å²) >= 11 is 6.31. The summed E-state index contributed by atoms with van der Waals surface area (Å²) in [6.07, 6.45) is 4.06. The first-order valence-electron chi connectivity index (χ1n) is 10.3. The van der Waals surface area contributed by atoms with E-state index in [0.717, 1.165) is 61.5 Å². The Labute approximate surface area is 177 Å². The topological polar surface area (TPSA) is 38.8 Å². The van der Waals surface area contributed by atoms with Crippen molar-refractivity contribution >= 4 is 17.4 Å². The van der Waals surface area contributed by atoms with Gasteiger partial charge in [0.15, 0.2) is 17.3 Å². The summed E-state index contributed by atoms with van der Waals surface area (Å²) < 4.78 is 10.8. The van der Waals surface area contributed by atoms with Gasteiger partial charge in [0.25, 0.3) is 0 Å². The Kier molecular flexibility index (Phi) is 6.12. The van der Waals surface area contributed by atoms with Gasteiger partial charge >= 0.3 is 0 Å². The Bertz CT molecular complexity index is 890. The summed E-state index contributed by atoms with van der Waals surface area (Å²) in [5, 5.41) is 0.842. The monoisotopic (exact) mass is 413 g/mol. The number of carbonyl (C=O) groups is 1. The Balaban J connectivity index is 1.34. The maximum absolute atomic E-state index is 13.0. The molecule has 5 heteroatoms. The number of hydrogen-bond donors (Lipinski definition) is 0. The number of ketones is 1. The minimum absolute atomic E-state index is 0.0851. The van der Waals surface area contributed by atoms with Crippen LogP contribution in [-0.4, -0.2) is 38.0 Å². The lowest BCUT2D eigenvalue weighted by atomic mass is 9.85. The lowest BCUT2D eigenvalue weighted by Crippen LogP contribution is -2.34. The van der Waals surface area contributed by atoms with Gasteiger partial charge in [-0.2, -0.15) is 0 Å². The summed E-state index contributed by atoms with van der Waals surface area (Å²) in [5.74, 6) is 2.28. The molecule has 2 aromatic carbocycles. The first kappa shape index (κ1) is 20.2. The number of halogens is 1. The number of nitrogens with zero attached hydrogens (tertiary/aromatic N) is 1. The van der Waals surface area contributed by atoms with Gasteiger partial charge in [0.05, 0.1) is 14.2 Å². The van der Waals surface area contributed by atoms with Crippen LogP contribution in [0.2, 0.25) is 5.02 Å². The predicted octanol–water partition coefficient (Wildman–Crippen LogP) is 5.01. The Morgan fingerprint density at radius 3 is 2.45 bits per heavy atom. The molecule has 1 aliphatic carbocycles. The van der Waals surface area contributed by atoms with Crippen LogP contribution in [0.15, 0.2) is 36.4 Å². The van der Waals surface area contributed by atoms with E-state index in [1.54, 1.807) is 14.2 Å². The highest BCUT2D eigenvalue weighted by molar-refractivity contribution is 6.31. The molecule has 0 N–H and O–H groups in total. The van der Waals surface area contributed by atoms with Crippen molar-refractivity contribution in [3.63, 3.8) is 0 Å². The fourth-order valence-corrected chi connectivity index (χ4v) is 4.93. The van der Waals surface area contributed by atoms with Crippen LogP contribution in [0.3, 0.4) is 0 Å². The van der Waals surface area contributed by atoms with Crippen molar-refractivity contribution in [2.24, 2.45) is 11.8 Å². The molecule has 0 spiro atoms. The molecule has 2 aromatic rings. The molecule has 1 atom stereocenters. The molecule has 1 heterocycles. The fraction of sp³-hybridized carbons (Fsp3) is 0.458. The summed E-state index contributed by atoms with van der Waals surface area (Å²) in [6, 6.07) is 11.9. The van der Waals surface area contributed by atoms with E-state index in [1.165, 1.54) is 5.56 Å². The quantitative estimate of drug-likeness (QED) is 0.666. The molecule has 0 radical (unpaired) electrons. The van der Waals surface area contributed by atoms with Crippen molar-refractivity contribution in [2.75, 3.05) is 27.3 Å². The van der Waals surface area contributed by atoms with Gasteiger partial charge in [-0.3, -0.25) is 9.69 Å². The number of hydrogen-bond acceptors (Lipinski definition) is 4. The molecule has 2 aliphatic rings. The van der Waals surface area contributed by atoms with Crippen LogP contribution >= 0.6 is 11.6 Å². The SMILES string of the molecule is COc1cc2c(cc1OC)C(=O)C(CC1CCN(Cc3ccccc3Cl)CC1)C2. The maximum atomic E-state index is 13.0. The second-order valence-electron chi connectivity index (χ2n) is 8.18. The number of methoxy groups -OCH3 is 2. The Morgan fingerprint density at radius 1 is 1.07 bits per heavy atom. The lowest BCUT2D eigenvalue weighted by molar-refractivity contribution is 0.0895. The average Bonchev–Trinajstić information content (AvgIpc) is 3.04. The van der Waals surface area contributed by atoms with Gasteiger partial charge in [-0.1, -0.05) is 29.8 Å². The van der Waals surface area contributed by atoms with E-state index in [-0.39, 0.29) is 11.7 Å². The molecular formula is C24H28ClNO3. The molecule has 0 amide bonds. The Morgan fingerprint density at radius 2 is 1.76 bits per heavy atom. The third-order valence-electron chi connectivity index (χ3n) is 6.39. The highest BCUT2D eigenvalue weighted by atomic mass is 35.5. The molecule has 29 heavy (non-hydrogen) atoms. The highest BCUT2D eigenvalue weighted by Crippen LogP contribution is 2.39. The number of piperidine rings is 1. The smallest absolute Gasteiger partial charge is 0.166 e. The van der Waals surface area contributed by atoms with Gasteiger partial charge in [0.1, 0.15) is 0 Å². The molecular weight excluding hydrogens is 386 g/mol. The number of fused-ring (bicyclic) bond motifs is 1. The van der Waals surface area contributed by atoms with Crippen LogP contribution in [0.25, 0.3) is 0 Å². The molecule has 4 nitrogen and oxygen atoms in total. The van der Waals surface area contributed by atoms with E-state index >= 15 is 0 Å². The fourth-order valence-electron chi connectivity index (χ4n) is 4.74. The molecule has 4 rings (SSSR count). The average molecular weight is 414 g/mol. The summed E-state index contributed by atoms with van der Waals surface area (Å²) in [4.78, 5) is 15.4. The van der Waals surface area contributed by atoms with Crippen LogP contribution in [0, 0.1) is 11.8 Å². The minimum atomic E-state index is 0.0851. The molecule has 0 bridgehead atoms. The third-order valence-corrected chi connectivity index (χ3v) is 6.76. The zero-order valence-corrected chi connectivity index (χ0v) is 17.9. The van der Waals surface area contributed by atoms with Crippen LogP contribution in [0.1, 0.15) is 40.7 Å². The molecule has 0 aromatic heterocycles. The second-order valence-corrected chi connectivity index (χ2v) is 8.58. The normalized spacial score (nSPS) is 20.0. The van der Waals surface area contributed by atoms with E-state index in [1.807, 2.05) is 30.3 Å². The number of rotatable bonds is 6. The number of ether oxygens (including phenoxy) is 2. The largest absolute Gasteiger partial charge is 0.493 e. The highest BCUT2D eigenvalue weighted by Gasteiger charge is 2.34. The van der Waals surface area contributed by atoms with Crippen LogP contribution in [-0.2, 0) is 13.0 Å². The van der Waals surface area contributed by atoms with Gasteiger partial charge in [0.2, 0.25) is 0 Å². The van der Waals surface area contributed by atoms with Crippen molar-refractivity contribution < 1.29 is 14.3 Å². The van der Waals surface area contributed by atoms with Gasteiger partial charge < -0.3 is 9.47 Å². The second kappa shape index (κ2) is 8.76.